The summed E-state index contributed by atoms with van der Waals surface area (Å²) in [6, 6.07) is 8.08. The highest BCUT2D eigenvalue weighted by Crippen LogP contribution is 2.09. The minimum atomic E-state index is 0. The fourth-order valence-corrected chi connectivity index (χ4v) is 1.04. The van der Waals surface area contributed by atoms with Crippen molar-refractivity contribution < 1.29 is 0 Å². The summed E-state index contributed by atoms with van der Waals surface area (Å²) in [5.74, 6) is 5.23. The summed E-state index contributed by atoms with van der Waals surface area (Å²) >= 11 is 0. The van der Waals surface area contributed by atoms with E-state index in [0.717, 1.165) is 18.5 Å². The molecule has 0 heterocycles. The third kappa shape index (κ3) is 3.97. The van der Waals surface area contributed by atoms with Crippen molar-refractivity contribution >= 4 is 18.1 Å². The molecule has 0 aromatic heterocycles. The molecule has 0 saturated heterocycles. The van der Waals surface area contributed by atoms with Crippen molar-refractivity contribution in [3.05, 3.63) is 42.5 Å². The van der Waals surface area contributed by atoms with Crippen LogP contribution >= 0.6 is 12.4 Å². The van der Waals surface area contributed by atoms with E-state index < -0.39 is 0 Å². The van der Waals surface area contributed by atoms with Crippen molar-refractivity contribution in [3.63, 3.8) is 0 Å². The van der Waals surface area contributed by atoms with Gasteiger partial charge < -0.3 is 5.43 Å². The molecule has 2 nitrogen and oxygen atoms in total. The monoisotopic (exact) mass is 198 g/mol. The maximum Gasteiger partial charge on any atom is 0.0485 e. The van der Waals surface area contributed by atoms with Crippen LogP contribution in [0.2, 0.25) is 0 Å². The van der Waals surface area contributed by atoms with Crippen LogP contribution in [0, 0.1) is 0 Å². The Morgan fingerprint density at radius 2 is 1.92 bits per heavy atom. The van der Waals surface area contributed by atoms with E-state index in [9.17, 15) is 0 Å². The number of benzene rings is 1. The predicted molar refractivity (Wildman–Crippen MR) is 60.0 cm³/mol. The molecular formula is C10H15ClN2. The molecule has 3 N–H and O–H groups in total. The lowest BCUT2D eigenvalue weighted by Crippen LogP contribution is -2.06. The van der Waals surface area contributed by atoms with Crippen LogP contribution in [0.1, 0.15) is 12.0 Å². The molecule has 0 aliphatic carbocycles. The van der Waals surface area contributed by atoms with Crippen molar-refractivity contribution in [2.45, 2.75) is 12.8 Å². The molecular weight excluding hydrogens is 184 g/mol. The minimum Gasteiger partial charge on any atom is -0.324 e. The van der Waals surface area contributed by atoms with E-state index in [1.807, 2.05) is 18.2 Å². The molecule has 0 bridgehead atoms. The molecule has 3 heteroatoms. The summed E-state index contributed by atoms with van der Waals surface area (Å²) in [5, 5.41) is 0. The Morgan fingerprint density at radius 1 is 1.31 bits per heavy atom. The van der Waals surface area contributed by atoms with E-state index in [1.54, 1.807) is 0 Å². The third-order valence-electron chi connectivity index (χ3n) is 1.76. The zero-order chi connectivity index (χ0) is 8.81. The van der Waals surface area contributed by atoms with E-state index >= 15 is 0 Å². The number of aryl methyl sites for hydroxylation is 1. The number of allylic oxidation sites excluding steroid dienone is 1. The molecule has 0 amide bonds. The zero-order valence-electron chi connectivity index (χ0n) is 7.49. The molecule has 1 aromatic carbocycles. The van der Waals surface area contributed by atoms with Crippen LogP contribution in [0.25, 0.3) is 0 Å². The largest absolute Gasteiger partial charge is 0.324 e. The molecule has 0 saturated carbocycles. The fourth-order valence-electron chi connectivity index (χ4n) is 1.04. The molecule has 1 aromatic rings. The first-order valence-electron chi connectivity index (χ1n) is 4.03. The second-order valence-electron chi connectivity index (χ2n) is 2.67. The van der Waals surface area contributed by atoms with Crippen molar-refractivity contribution in [1.82, 2.24) is 0 Å². The smallest absolute Gasteiger partial charge is 0.0485 e. The van der Waals surface area contributed by atoms with E-state index in [-0.39, 0.29) is 12.4 Å². The number of halogens is 1. The number of nitrogen functional groups attached to an aromatic ring is 1. The van der Waals surface area contributed by atoms with Crippen LogP contribution in [0.15, 0.2) is 36.9 Å². The highest BCUT2D eigenvalue weighted by Gasteiger charge is 1.91. The first-order chi connectivity index (χ1) is 5.86. The number of anilines is 1. The number of hydrogen-bond acceptors (Lipinski definition) is 2. The van der Waals surface area contributed by atoms with Crippen molar-refractivity contribution in [2.75, 3.05) is 5.43 Å². The van der Waals surface area contributed by atoms with Gasteiger partial charge in [-0.2, -0.15) is 0 Å². The fraction of sp³-hybridized carbons (Fsp3) is 0.200. The Morgan fingerprint density at radius 3 is 2.38 bits per heavy atom. The minimum absolute atomic E-state index is 0. The number of nitrogens with one attached hydrogen (secondary N) is 1. The van der Waals surface area contributed by atoms with Gasteiger partial charge in [-0.3, -0.25) is 5.84 Å². The lowest BCUT2D eigenvalue weighted by atomic mass is 10.1. The molecule has 0 unspecified atom stereocenters. The van der Waals surface area contributed by atoms with Crippen LogP contribution in [0.3, 0.4) is 0 Å². The van der Waals surface area contributed by atoms with Crippen molar-refractivity contribution in [3.8, 4) is 0 Å². The van der Waals surface area contributed by atoms with E-state index in [4.69, 9.17) is 5.84 Å². The molecule has 13 heavy (non-hydrogen) atoms. The van der Waals surface area contributed by atoms with Crippen LogP contribution in [-0.2, 0) is 6.42 Å². The summed E-state index contributed by atoms with van der Waals surface area (Å²) in [7, 11) is 0. The van der Waals surface area contributed by atoms with Gasteiger partial charge in [0.1, 0.15) is 0 Å². The Labute approximate surface area is 85.2 Å². The van der Waals surface area contributed by atoms with Gasteiger partial charge in [0.25, 0.3) is 0 Å². The highest BCUT2D eigenvalue weighted by atomic mass is 35.5. The molecule has 0 atom stereocenters. The SMILES string of the molecule is C=CCCc1ccc(NN)cc1.Cl. The Hall–Kier alpha value is -0.990. The quantitative estimate of drug-likeness (QED) is 0.443. The number of hydrazine groups is 1. The van der Waals surface area contributed by atoms with Gasteiger partial charge in [0, 0.05) is 5.69 Å². The van der Waals surface area contributed by atoms with Crippen LogP contribution < -0.4 is 11.3 Å². The third-order valence-corrected chi connectivity index (χ3v) is 1.76. The number of rotatable bonds is 4. The topological polar surface area (TPSA) is 38.0 Å². The van der Waals surface area contributed by atoms with Gasteiger partial charge in [0.2, 0.25) is 0 Å². The van der Waals surface area contributed by atoms with Crippen LogP contribution in [0.4, 0.5) is 5.69 Å². The zero-order valence-corrected chi connectivity index (χ0v) is 8.31. The Balaban J connectivity index is 0.00000144. The predicted octanol–water partition coefficient (Wildman–Crippen LogP) is 2.51. The summed E-state index contributed by atoms with van der Waals surface area (Å²) in [6.45, 7) is 3.68. The Bertz CT molecular complexity index is 244. The normalized spacial score (nSPS) is 8.69. The number of hydrogen-bond donors (Lipinski definition) is 2. The summed E-state index contributed by atoms with van der Waals surface area (Å²) < 4.78 is 0. The van der Waals surface area contributed by atoms with Gasteiger partial charge >= 0.3 is 0 Å². The van der Waals surface area contributed by atoms with Crippen LogP contribution in [-0.4, -0.2) is 0 Å². The molecule has 0 spiro atoms. The van der Waals surface area contributed by atoms with Gasteiger partial charge in [0.15, 0.2) is 0 Å². The second kappa shape index (κ2) is 6.52. The Kier molecular flexibility index (Phi) is 6.02. The second-order valence-corrected chi connectivity index (χ2v) is 2.67. The van der Waals surface area contributed by atoms with E-state index in [0.29, 0.717) is 0 Å². The van der Waals surface area contributed by atoms with Gasteiger partial charge in [-0.15, -0.1) is 19.0 Å². The standard InChI is InChI=1S/C10H14N2.ClH/c1-2-3-4-9-5-7-10(12-11)8-6-9;/h2,5-8,12H,1,3-4,11H2;1H. The lowest BCUT2D eigenvalue weighted by molar-refractivity contribution is 1.00. The van der Waals surface area contributed by atoms with Gasteiger partial charge in [-0.1, -0.05) is 18.2 Å². The van der Waals surface area contributed by atoms with Gasteiger partial charge in [0.05, 0.1) is 0 Å². The summed E-state index contributed by atoms with van der Waals surface area (Å²) in [6.07, 6.45) is 4.00. The van der Waals surface area contributed by atoms with Gasteiger partial charge in [-0.05, 0) is 30.5 Å². The summed E-state index contributed by atoms with van der Waals surface area (Å²) in [4.78, 5) is 0. The average Bonchev–Trinajstić information content (AvgIpc) is 2.15. The first-order valence-corrected chi connectivity index (χ1v) is 4.03. The van der Waals surface area contributed by atoms with Gasteiger partial charge in [-0.25, -0.2) is 0 Å². The number of nitrogens with two attached hydrogens (primary N) is 1. The molecule has 72 valence electrons. The van der Waals surface area contributed by atoms with Crippen LogP contribution in [0.5, 0.6) is 0 Å². The highest BCUT2D eigenvalue weighted by molar-refractivity contribution is 5.85. The molecule has 0 aliphatic rings. The van der Waals surface area contributed by atoms with E-state index in [2.05, 4.69) is 24.1 Å². The molecule has 0 radical (unpaired) electrons. The average molecular weight is 199 g/mol. The molecule has 0 fully saturated rings. The molecule has 1 rings (SSSR count). The maximum atomic E-state index is 5.23. The van der Waals surface area contributed by atoms with Crippen molar-refractivity contribution in [1.29, 1.82) is 0 Å². The van der Waals surface area contributed by atoms with E-state index in [1.165, 1.54) is 5.56 Å². The lowest BCUT2D eigenvalue weighted by Gasteiger charge is -2.01. The summed E-state index contributed by atoms with van der Waals surface area (Å²) in [5.41, 5.74) is 4.85. The molecule has 0 aliphatic heterocycles. The maximum absolute atomic E-state index is 5.23. The van der Waals surface area contributed by atoms with Crippen molar-refractivity contribution in [2.24, 2.45) is 5.84 Å². The first kappa shape index (κ1) is 12.0.